The summed E-state index contributed by atoms with van der Waals surface area (Å²) in [4.78, 5) is 14.0. The Bertz CT molecular complexity index is 571. The van der Waals surface area contributed by atoms with E-state index >= 15 is 0 Å². The van der Waals surface area contributed by atoms with Crippen LogP contribution < -0.4 is 5.73 Å². The Labute approximate surface area is 100 Å². The van der Waals surface area contributed by atoms with Gasteiger partial charge in [0.25, 0.3) is 0 Å². The molecule has 0 saturated carbocycles. The van der Waals surface area contributed by atoms with Crippen LogP contribution in [0.5, 0.6) is 0 Å². The Hall–Kier alpha value is -1.27. The molecule has 0 aromatic carbocycles. The van der Waals surface area contributed by atoms with Crippen molar-refractivity contribution in [3.05, 3.63) is 24.2 Å². The molecule has 16 heavy (non-hydrogen) atoms. The zero-order chi connectivity index (χ0) is 11.1. The Balaban J connectivity index is 2.32. The molecular formula is C10H8N4S2. The molecule has 4 nitrogen and oxygen atoms in total. The lowest BCUT2D eigenvalue weighted by Crippen LogP contribution is -2.04. The molecule has 0 saturated heterocycles. The standard InChI is InChI=1S/C10H8N4S2/c1-5-13-9(11)7-8-6(3-2-4-12-8)15-16-10(7)14-5/h2-4H,1H3,(H2,11,13,14). The third-order valence-electron chi connectivity index (χ3n) is 2.23. The molecule has 1 aliphatic rings. The van der Waals surface area contributed by atoms with E-state index in [0.717, 1.165) is 21.2 Å². The average molecular weight is 248 g/mol. The summed E-state index contributed by atoms with van der Waals surface area (Å²) in [6.45, 7) is 1.84. The fourth-order valence-electron chi connectivity index (χ4n) is 1.58. The van der Waals surface area contributed by atoms with Crippen molar-refractivity contribution in [1.29, 1.82) is 0 Å². The molecule has 0 spiro atoms. The van der Waals surface area contributed by atoms with Crippen LogP contribution in [0.1, 0.15) is 5.82 Å². The van der Waals surface area contributed by atoms with Crippen LogP contribution in [0.25, 0.3) is 11.3 Å². The van der Waals surface area contributed by atoms with Crippen molar-refractivity contribution in [2.75, 3.05) is 5.73 Å². The summed E-state index contributed by atoms with van der Waals surface area (Å²) in [5.74, 6) is 1.21. The van der Waals surface area contributed by atoms with E-state index in [1.165, 1.54) is 0 Å². The number of pyridine rings is 1. The predicted molar refractivity (Wildman–Crippen MR) is 66.1 cm³/mol. The molecule has 0 bridgehead atoms. The first-order chi connectivity index (χ1) is 7.75. The number of nitrogens with two attached hydrogens (primary N) is 1. The number of hydrogen-bond acceptors (Lipinski definition) is 6. The van der Waals surface area contributed by atoms with Crippen molar-refractivity contribution in [3.63, 3.8) is 0 Å². The van der Waals surface area contributed by atoms with Crippen LogP contribution in [0.2, 0.25) is 0 Å². The first-order valence-electron chi connectivity index (χ1n) is 4.70. The van der Waals surface area contributed by atoms with Gasteiger partial charge in [0.05, 0.1) is 11.3 Å². The van der Waals surface area contributed by atoms with E-state index in [9.17, 15) is 0 Å². The highest BCUT2D eigenvalue weighted by atomic mass is 33.1. The predicted octanol–water partition coefficient (Wildman–Crippen LogP) is 2.54. The van der Waals surface area contributed by atoms with E-state index in [1.807, 2.05) is 19.1 Å². The van der Waals surface area contributed by atoms with Crippen LogP contribution in [-0.4, -0.2) is 15.0 Å². The molecule has 1 aliphatic heterocycles. The van der Waals surface area contributed by atoms with Gasteiger partial charge >= 0.3 is 0 Å². The minimum absolute atomic E-state index is 0.509. The van der Waals surface area contributed by atoms with Gasteiger partial charge in [-0.05, 0) is 40.6 Å². The van der Waals surface area contributed by atoms with Crippen LogP contribution in [0, 0.1) is 6.92 Å². The number of aromatic nitrogens is 3. The van der Waals surface area contributed by atoms with Gasteiger partial charge in [0, 0.05) is 11.1 Å². The van der Waals surface area contributed by atoms with Crippen molar-refractivity contribution in [2.45, 2.75) is 16.8 Å². The Morgan fingerprint density at radius 3 is 3.00 bits per heavy atom. The Kier molecular flexibility index (Phi) is 2.26. The van der Waals surface area contributed by atoms with Crippen LogP contribution in [-0.2, 0) is 0 Å². The van der Waals surface area contributed by atoms with Crippen molar-refractivity contribution >= 4 is 27.4 Å². The summed E-state index contributed by atoms with van der Waals surface area (Å²) in [5, 5.41) is 0.904. The molecule has 80 valence electrons. The monoisotopic (exact) mass is 248 g/mol. The van der Waals surface area contributed by atoms with Crippen molar-refractivity contribution in [3.8, 4) is 11.3 Å². The maximum absolute atomic E-state index is 5.94. The van der Waals surface area contributed by atoms with Gasteiger partial charge in [0.1, 0.15) is 16.7 Å². The number of rotatable bonds is 0. The molecule has 6 heteroatoms. The summed E-state index contributed by atoms with van der Waals surface area (Å²) in [6, 6.07) is 3.95. The first-order valence-corrected chi connectivity index (χ1v) is 6.84. The van der Waals surface area contributed by atoms with E-state index < -0.39 is 0 Å². The van der Waals surface area contributed by atoms with Gasteiger partial charge in [-0.15, -0.1) is 0 Å². The van der Waals surface area contributed by atoms with E-state index in [1.54, 1.807) is 27.8 Å². The molecule has 0 amide bonds. The molecule has 0 aliphatic carbocycles. The summed E-state index contributed by atoms with van der Waals surface area (Å²) in [5.41, 5.74) is 7.70. The SMILES string of the molecule is Cc1nc(N)c2c(n1)SSc1cccnc1-2. The minimum Gasteiger partial charge on any atom is -0.383 e. The number of fused-ring (bicyclic) bond motifs is 3. The smallest absolute Gasteiger partial charge is 0.137 e. The molecule has 2 N–H and O–H groups in total. The molecule has 2 aromatic rings. The topological polar surface area (TPSA) is 64.7 Å². The second kappa shape index (κ2) is 3.64. The molecule has 3 heterocycles. The second-order valence-corrected chi connectivity index (χ2v) is 5.51. The van der Waals surface area contributed by atoms with E-state index in [2.05, 4.69) is 15.0 Å². The van der Waals surface area contributed by atoms with E-state index in [0.29, 0.717) is 11.6 Å². The van der Waals surface area contributed by atoms with Gasteiger partial charge in [-0.2, -0.15) is 0 Å². The number of nitrogens with zero attached hydrogens (tertiary/aromatic N) is 3. The van der Waals surface area contributed by atoms with Crippen LogP contribution in [0.4, 0.5) is 5.82 Å². The molecule has 0 unspecified atom stereocenters. The van der Waals surface area contributed by atoms with Gasteiger partial charge < -0.3 is 5.73 Å². The Morgan fingerprint density at radius 2 is 2.12 bits per heavy atom. The minimum atomic E-state index is 0.509. The highest BCUT2D eigenvalue weighted by Crippen LogP contribution is 2.50. The van der Waals surface area contributed by atoms with Crippen LogP contribution >= 0.6 is 21.6 Å². The summed E-state index contributed by atoms with van der Waals surface area (Å²) in [7, 11) is 3.26. The van der Waals surface area contributed by atoms with E-state index in [-0.39, 0.29) is 0 Å². The number of aryl methyl sites for hydroxylation is 1. The fraction of sp³-hybridized carbons (Fsp3) is 0.100. The van der Waals surface area contributed by atoms with Crippen molar-refractivity contribution in [2.24, 2.45) is 0 Å². The van der Waals surface area contributed by atoms with Crippen molar-refractivity contribution in [1.82, 2.24) is 15.0 Å². The lowest BCUT2D eigenvalue weighted by molar-refractivity contribution is 0.974. The van der Waals surface area contributed by atoms with Gasteiger partial charge in [-0.3, -0.25) is 4.98 Å². The maximum Gasteiger partial charge on any atom is 0.137 e. The van der Waals surface area contributed by atoms with Gasteiger partial charge in [-0.1, -0.05) is 0 Å². The van der Waals surface area contributed by atoms with Crippen LogP contribution in [0.3, 0.4) is 0 Å². The van der Waals surface area contributed by atoms with Crippen molar-refractivity contribution < 1.29 is 0 Å². The third-order valence-corrected chi connectivity index (χ3v) is 4.54. The fourth-order valence-corrected chi connectivity index (χ4v) is 3.84. The molecular weight excluding hydrogens is 240 g/mol. The lowest BCUT2D eigenvalue weighted by atomic mass is 10.2. The van der Waals surface area contributed by atoms with E-state index in [4.69, 9.17) is 5.73 Å². The summed E-state index contributed by atoms with van der Waals surface area (Å²) in [6.07, 6.45) is 1.76. The maximum atomic E-state index is 5.94. The molecule has 0 atom stereocenters. The quantitative estimate of drug-likeness (QED) is 0.571. The van der Waals surface area contributed by atoms with Crippen LogP contribution in [0.15, 0.2) is 28.3 Å². The van der Waals surface area contributed by atoms with Gasteiger partial charge in [0.15, 0.2) is 0 Å². The largest absolute Gasteiger partial charge is 0.383 e. The third kappa shape index (κ3) is 1.45. The zero-order valence-corrected chi connectivity index (χ0v) is 10.1. The number of nitrogen functional groups attached to an aromatic ring is 1. The normalized spacial score (nSPS) is 13.1. The summed E-state index contributed by atoms with van der Waals surface area (Å²) >= 11 is 0. The molecule has 0 radical (unpaired) electrons. The number of anilines is 1. The highest BCUT2D eigenvalue weighted by molar-refractivity contribution is 8.76. The number of hydrogen-bond donors (Lipinski definition) is 1. The zero-order valence-electron chi connectivity index (χ0n) is 8.47. The second-order valence-electron chi connectivity index (χ2n) is 3.35. The molecule has 0 fully saturated rings. The van der Waals surface area contributed by atoms with Gasteiger partial charge in [0.2, 0.25) is 0 Å². The van der Waals surface area contributed by atoms with Gasteiger partial charge in [-0.25, -0.2) is 9.97 Å². The first kappa shape index (κ1) is 9.92. The average Bonchev–Trinajstić information content (AvgIpc) is 2.28. The highest BCUT2D eigenvalue weighted by Gasteiger charge is 2.23. The summed E-state index contributed by atoms with van der Waals surface area (Å²) < 4.78 is 0. The lowest BCUT2D eigenvalue weighted by Gasteiger charge is -2.17. The Morgan fingerprint density at radius 1 is 1.25 bits per heavy atom. The molecule has 2 aromatic heterocycles. The molecule has 3 rings (SSSR count).